The summed E-state index contributed by atoms with van der Waals surface area (Å²) in [6, 6.07) is 11.4. The molecule has 94 valence electrons. The van der Waals surface area contributed by atoms with Crippen molar-refractivity contribution < 1.29 is 4.74 Å². The molecule has 1 aromatic carbocycles. The summed E-state index contributed by atoms with van der Waals surface area (Å²) in [7, 11) is 0. The lowest BCUT2D eigenvalue weighted by Gasteiger charge is -2.12. The average molecular weight is 263 g/mol. The Hall–Kier alpha value is -1.58. The predicted molar refractivity (Wildman–Crippen MR) is 72.8 cm³/mol. The molecule has 0 amide bonds. The lowest BCUT2D eigenvalue weighted by atomic mass is 10.1. The van der Waals surface area contributed by atoms with Gasteiger partial charge in [-0.2, -0.15) is 0 Å². The highest BCUT2D eigenvalue weighted by Crippen LogP contribution is 2.27. The van der Waals surface area contributed by atoms with Crippen molar-refractivity contribution >= 4 is 11.6 Å². The molecule has 1 aromatic heterocycles. The van der Waals surface area contributed by atoms with Crippen molar-refractivity contribution in [3.05, 3.63) is 58.9 Å². The molecule has 0 aliphatic carbocycles. The molecule has 2 aromatic rings. The van der Waals surface area contributed by atoms with Crippen LogP contribution in [0.5, 0.6) is 5.75 Å². The minimum Gasteiger partial charge on any atom is -0.487 e. The van der Waals surface area contributed by atoms with E-state index < -0.39 is 0 Å². The first kappa shape index (κ1) is 12.9. The van der Waals surface area contributed by atoms with Crippen LogP contribution < -0.4 is 10.5 Å². The number of rotatable bonds is 5. The molecule has 4 heteroatoms. The molecular weight excluding hydrogens is 248 g/mol. The van der Waals surface area contributed by atoms with Gasteiger partial charge in [-0.25, -0.2) is 0 Å². The maximum atomic E-state index is 6.14. The van der Waals surface area contributed by atoms with Gasteiger partial charge in [0.25, 0.3) is 0 Å². The van der Waals surface area contributed by atoms with Gasteiger partial charge in [-0.15, -0.1) is 0 Å². The topological polar surface area (TPSA) is 48.1 Å². The fraction of sp³-hybridized carbons (Fsp3) is 0.214. The van der Waals surface area contributed by atoms with Crippen molar-refractivity contribution in [2.24, 2.45) is 5.73 Å². The number of nitrogens with two attached hydrogens (primary N) is 1. The van der Waals surface area contributed by atoms with Crippen LogP contribution in [0.1, 0.15) is 11.3 Å². The zero-order valence-electron chi connectivity index (χ0n) is 9.97. The molecule has 0 saturated carbocycles. The van der Waals surface area contributed by atoms with Crippen LogP contribution in [0, 0.1) is 0 Å². The molecule has 0 aliphatic rings. The van der Waals surface area contributed by atoms with Crippen LogP contribution in [-0.2, 0) is 13.0 Å². The zero-order chi connectivity index (χ0) is 12.8. The standard InChI is InChI=1S/C14H15ClN2O/c15-13-5-3-6-14(12(13)7-8-16)18-10-11-4-1-2-9-17-11/h1-6,9H,7-8,10,16H2. The van der Waals surface area contributed by atoms with Gasteiger partial charge in [0, 0.05) is 16.8 Å². The van der Waals surface area contributed by atoms with E-state index in [0.29, 0.717) is 24.6 Å². The largest absolute Gasteiger partial charge is 0.487 e. The van der Waals surface area contributed by atoms with Gasteiger partial charge >= 0.3 is 0 Å². The number of nitrogens with zero attached hydrogens (tertiary/aromatic N) is 1. The Labute approximate surface area is 112 Å². The Bertz CT molecular complexity index is 502. The predicted octanol–water partition coefficient (Wildman–Crippen LogP) is 2.82. The van der Waals surface area contributed by atoms with E-state index in [1.807, 2.05) is 36.4 Å². The molecule has 0 unspecified atom stereocenters. The quantitative estimate of drug-likeness (QED) is 0.901. The molecule has 0 bridgehead atoms. The summed E-state index contributed by atoms with van der Waals surface area (Å²) in [5.41, 5.74) is 7.42. The van der Waals surface area contributed by atoms with Gasteiger partial charge in [-0.05, 0) is 37.2 Å². The van der Waals surface area contributed by atoms with E-state index in [9.17, 15) is 0 Å². The molecule has 18 heavy (non-hydrogen) atoms. The molecule has 0 saturated heterocycles. The van der Waals surface area contributed by atoms with Crippen LogP contribution in [0.3, 0.4) is 0 Å². The van der Waals surface area contributed by atoms with Gasteiger partial charge in [0.1, 0.15) is 12.4 Å². The van der Waals surface area contributed by atoms with Crippen molar-refractivity contribution in [1.29, 1.82) is 0 Å². The van der Waals surface area contributed by atoms with E-state index in [4.69, 9.17) is 22.1 Å². The highest BCUT2D eigenvalue weighted by atomic mass is 35.5. The summed E-state index contributed by atoms with van der Waals surface area (Å²) in [5.74, 6) is 0.776. The third kappa shape index (κ3) is 3.22. The normalized spacial score (nSPS) is 10.3. The number of halogens is 1. The van der Waals surface area contributed by atoms with Gasteiger partial charge in [0.2, 0.25) is 0 Å². The Kier molecular flexibility index (Phi) is 4.56. The number of pyridine rings is 1. The Morgan fingerprint density at radius 3 is 2.78 bits per heavy atom. The van der Waals surface area contributed by atoms with Gasteiger partial charge in [-0.1, -0.05) is 23.7 Å². The molecule has 0 fully saturated rings. The summed E-state index contributed by atoms with van der Waals surface area (Å²) in [4.78, 5) is 4.21. The van der Waals surface area contributed by atoms with Gasteiger partial charge < -0.3 is 10.5 Å². The monoisotopic (exact) mass is 262 g/mol. The van der Waals surface area contributed by atoms with E-state index in [1.54, 1.807) is 6.20 Å². The van der Waals surface area contributed by atoms with E-state index in [-0.39, 0.29) is 0 Å². The third-order valence-corrected chi connectivity index (χ3v) is 2.93. The maximum Gasteiger partial charge on any atom is 0.130 e. The first-order valence-electron chi connectivity index (χ1n) is 5.81. The van der Waals surface area contributed by atoms with E-state index >= 15 is 0 Å². The van der Waals surface area contributed by atoms with Crippen molar-refractivity contribution in [1.82, 2.24) is 4.98 Å². The summed E-state index contributed by atoms with van der Waals surface area (Å²) < 4.78 is 5.75. The first-order chi connectivity index (χ1) is 8.81. The second-order valence-electron chi connectivity index (χ2n) is 3.86. The molecule has 1 heterocycles. The molecule has 0 radical (unpaired) electrons. The average Bonchev–Trinajstić information content (AvgIpc) is 2.41. The number of ether oxygens (including phenoxy) is 1. The minimum absolute atomic E-state index is 0.429. The highest BCUT2D eigenvalue weighted by molar-refractivity contribution is 6.31. The zero-order valence-corrected chi connectivity index (χ0v) is 10.7. The number of hydrogen-bond acceptors (Lipinski definition) is 3. The summed E-state index contributed by atoms with van der Waals surface area (Å²) >= 11 is 6.14. The molecule has 3 nitrogen and oxygen atoms in total. The lowest BCUT2D eigenvalue weighted by molar-refractivity contribution is 0.298. The van der Waals surface area contributed by atoms with Crippen molar-refractivity contribution in [2.75, 3.05) is 6.54 Å². The summed E-state index contributed by atoms with van der Waals surface area (Å²) in [6.07, 6.45) is 2.45. The summed E-state index contributed by atoms with van der Waals surface area (Å²) in [5, 5.41) is 0.693. The van der Waals surface area contributed by atoms with Crippen molar-refractivity contribution in [3.8, 4) is 5.75 Å². The van der Waals surface area contributed by atoms with Crippen LogP contribution >= 0.6 is 11.6 Å². The molecule has 0 spiro atoms. The molecular formula is C14H15ClN2O. The van der Waals surface area contributed by atoms with Gasteiger partial charge in [0.15, 0.2) is 0 Å². The van der Waals surface area contributed by atoms with Crippen molar-refractivity contribution in [3.63, 3.8) is 0 Å². The Morgan fingerprint density at radius 1 is 1.17 bits per heavy atom. The van der Waals surface area contributed by atoms with E-state index in [2.05, 4.69) is 4.98 Å². The van der Waals surface area contributed by atoms with E-state index in [0.717, 1.165) is 17.0 Å². The van der Waals surface area contributed by atoms with Crippen LogP contribution in [-0.4, -0.2) is 11.5 Å². The van der Waals surface area contributed by atoms with E-state index in [1.165, 1.54) is 0 Å². The molecule has 2 N–H and O–H groups in total. The van der Waals surface area contributed by atoms with Gasteiger partial charge in [0.05, 0.1) is 5.69 Å². The first-order valence-corrected chi connectivity index (χ1v) is 6.19. The second-order valence-corrected chi connectivity index (χ2v) is 4.27. The fourth-order valence-electron chi connectivity index (χ4n) is 1.70. The smallest absolute Gasteiger partial charge is 0.130 e. The third-order valence-electron chi connectivity index (χ3n) is 2.57. The maximum absolute atomic E-state index is 6.14. The van der Waals surface area contributed by atoms with Crippen LogP contribution in [0.25, 0.3) is 0 Å². The van der Waals surface area contributed by atoms with Crippen LogP contribution in [0.2, 0.25) is 5.02 Å². The summed E-state index contributed by atoms with van der Waals surface area (Å²) in [6.45, 7) is 0.975. The molecule has 0 aliphatic heterocycles. The SMILES string of the molecule is NCCc1c(Cl)cccc1OCc1ccccn1. The Balaban J connectivity index is 2.11. The Morgan fingerprint density at radius 2 is 2.06 bits per heavy atom. The highest BCUT2D eigenvalue weighted by Gasteiger charge is 2.07. The number of aromatic nitrogens is 1. The second kappa shape index (κ2) is 6.38. The van der Waals surface area contributed by atoms with Crippen molar-refractivity contribution in [2.45, 2.75) is 13.0 Å². The van der Waals surface area contributed by atoms with Crippen LogP contribution in [0.4, 0.5) is 0 Å². The van der Waals surface area contributed by atoms with Gasteiger partial charge in [-0.3, -0.25) is 4.98 Å². The molecule has 0 atom stereocenters. The number of benzene rings is 1. The lowest BCUT2D eigenvalue weighted by Crippen LogP contribution is -2.06. The minimum atomic E-state index is 0.429. The van der Waals surface area contributed by atoms with Crippen LogP contribution in [0.15, 0.2) is 42.6 Å². The molecule has 2 rings (SSSR count). The fourth-order valence-corrected chi connectivity index (χ4v) is 1.96. The number of hydrogen-bond donors (Lipinski definition) is 1.